The summed E-state index contributed by atoms with van der Waals surface area (Å²) in [4.78, 5) is 0. The number of fused-ring (bicyclic) bond motifs is 1. The zero-order chi connectivity index (χ0) is 14.7. The first-order valence-electron chi connectivity index (χ1n) is 8.08. The highest BCUT2D eigenvalue weighted by molar-refractivity contribution is 5.45. The van der Waals surface area contributed by atoms with Crippen LogP contribution in [0.15, 0.2) is 18.2 Å². The molecule has 0 amide bonds. The molecule has 1 aromatic carbocycles. The maximum Gasteiger partial charge on any atom is 0.161 e. The summed E-state index contributed by atoms with van der Waals surface area (Å²) in [5.74, 6) is 2.38. The molecule has 4 heteroatoms. The van der Waals surface area contributed by atoms with Crippen LogP contribution in [0.1, 0.15) is 38.3 Å². The van der Waals surface area contributed by atoms with Crippen LogP contribution in [0.5, 0.6) is 11.5 Å². The maximum atomic E-state index is 6.04. The topological polar surface area (TPSA) is 39.7 Å². The van der Waals surface area contributed by atoms with E-state index < -0.39 is 0 Å². The third-order valence-electron chi connectivity index (χ3n) is 4.12. The Kier molecular flexibility index (Phi) is 4.66. The maximum absolute atomic E-state index is 6.04. The molecule has 0 saturated heterocycles. The average molecular weight is 291 g/mol. The number of benzene rings is 1. The van der Waals surface area contributed by atoms with Crippen molar-refractivity contribution < 1.29 is 14.2 Å². The second-order valence-electron chi connectivity index (χ2n) is 5.70. The molecule has 1 aliphatic heterocycles. The fraction of sp³-hybridized carbons (Fsp3) is 0.647. The van der Waals surface area contributed by atoms with E-state index in [0.717, 1.165) is 24.7 Å². The van der Waals surface area contributed by atoms with Gasteiger partial charge in [0, 0.05) is 6.61 Å². The lowest BCUT2D eigenvalue weighted by Crippen LogP contribution is -2.35. The predicted octanol–water partition coefficient (Wildman–Crippen LogP) is 2.92. The molecular formula is C17H25NO3. The number of ether oxygens (including phenoxy) is 3. The quantitative estimate of drug-likeness (QED) is 0.838. The molecule has 3 rings (SSSR count). The Balaban J connectivity index is 1.85. The van der Waals surface area contributed by atoms with Gasteiger partial charge in [-0.15, -0.1) is 0 Å². The van der Waals surface area contributed by atoms with Crippen molar-refractivity contribution in [2.45, 2.75) is 38.8 Å². The van der Waals surface area contributed by atoms with Gasteiger partial charge in [0.1, 0.15) is 13.2 Å². The lowest BCUT2D eigenvalue weighted by molar-refractivity contribution is 0.0188. The summed E-state index contributed by atoms with van der Waals surface area (Å²) in [7, 11) is 0. The predicted molar refractivity (Wildman–Crippen MR) is 82.0 cm³/mol. The first kappa shape index (κ1) is 14.7. The van der Waals surface area contributed by atoms with Crippen LogP contribution < -0.4 is 14.8 Å². The monoisotopic (exact) mass is 291 g/mol. The molecule has 116 valence electrons. The molecule has 0 radical (unpaired) electrons. The van der Waals surface area contributed by atoms with E-state index in [1.54, 1.807) is 0 Å². The van der Waals surface area contributed by atoms with Crippen molar-refractivity contribution in [3.05, 3.63) is 23.8 Å². The van der Waals surface area contributed by atoms with E-state index in [1.807, 2.05) is 6.07 Å². The normalized spacial score (nSPS) is 20.1. The van der Waals surface area contributed by atoms with Gasteiger partial charge in [-0.05, 0) is 49.9 Å². The van der Waals surface area contributed by atoms with Gasteiger partial charge in [0.05, 0.1) is 12.1 Å². The standard InChI is InChI=1S/C17H25NO3/c1-3-18-16(17(19-4-2)12-5-6-12)13-7-8-14-15(11-13)21-10-9-20-14/h7-8,11-12,16-18H,3-6,9-10H2,1-2H3. The molecule has 1 heterocycles. The van der Waals surface area contributed by atoms with Gasteiger partial charge in [-0.1, -0.05) is 13.0 Å². The van der Waals surface area contributed by atoms with Crippen molar-refractivity contribution in [3.63, 3.8) is 0 Å². The number of hydrogen-bond acceptors (Lipinski definition) is 4. The minimum atomic E-state index is 0.221. The molecule has 0 spiro atoms. The summed E-state index contributed by atoms with van der Waals surface area (Å²) < 4.78 is 17.4. The molecule has 21 heavy (non-hydrogen) atoms. The lowest BCUT2D eigenvalue weighted by atomic mass is 9.97. The smallest absolute Gasteiger partial charge is 0.161 e. The van der Waals surface area contributed by atoms with Crippen LogP contribution in [0, 0.1) is 5.92 Å². The van der Waals surface area contributed by atoms with E-state index in [1.165, 1.54) is 18.4 Å². The highest BCUT2D eigenvalue weighted by atomic mass is 16.6. The van der Waals surface area contributed by atoms with Gasteiger partial charge >= 0.3 is 0 Å². The summed E-state index contributed by atoms with van der Waals surface area (Å²) in [5.41, 5.74) is 1.23. The van der Waals surface area contributed by atoms with Crippen molar-refractivity contribution in [3.8, 4) is 11.5 Å². The third kappa shape index (κ3) is 3.33. The van der Waals surface area contributed by atoms with Gasteiger partial charge in [0.15, 0.2) is 11.5 Å². The Morgan fingerprint density at radius 1 is 1.19 bits per heavy atom. The molecule has 2 unspecified atom stereocenters. The Hall–Kier alpha value is -1.26. The van der Waals surface area contributed by atoms with Crippen LogP contribution in [0.4, 0.5) is 0 Å². The number of likely N-dealkylation sites (N-methyl/N-ethyl adjacent to an activating group) is 1. The largest absolute Gasteiger partial charge is 0.486 e. The van der Waals surface area contributed by atoms with E-state index in [2.05, 4.69) is 31.3 Å². The average Bonchev–Trinajstić information content (AvgIpc) is 3.35. The number of hydrogen-bond donors (Lipinski definition) is 1. The Bertz CT molecular complexity index is 473. The van der Waals surface area contributed by atoms with Gasteiger partial charge in [-0.3, -0.25) is 0 Å². The van der Waals surface area contributed by atoms with Crippen molar-refractivity contribution >= 4 is 0 Å². The van der Waals surface area contributed by atoms with E-state index >= 15 is 0 Å². The van der Waals surface area contributed by atoms with Crippen LogP contribution in [-0.2, 0) is 4.74 Å². The summed E-state index contributed by atoms with van der Waals surface area (Å²) in [6.45, 7) is 7.15. The molecule has 0 aromatic heterocycles. The van der Waals surface area contributed by atoms with Crippen molar-refractivity contribution in [1.29, 1.82) is 0 Å². The first-order chi connectivity index (χ1) is 10.3. The fourth-order valence-electron chi connectivity index (χ4n) is 3.02. The van der Waals surface area contributed by atoms with E-state index in [-0.39, 0.29) is 12.1 Å². The first-order valence-corrected chi connectivity index (χ1v) is 8.08. The van der Waals surface area contributed by atoms with Crippen molar-refractivity contribution in [2.24, 2.45) is 5.92 Å². The van der Waals surface area contributed by atoms with Crippen molar-refractivity contribution in [1.82, 2.24) is 5.32 Å². The lowest BCUT2D eigenvalue weighted by Gasteiger charge is -2.29. The van der Waals surface area contributed by atoms with Crippen molar-refractivity contribution in [2.75, 3.05) is 26.4 Å². The minimum Gasteiger partial charge on any atom is -0.486 e. The van der Waals surface area contributed by atoms with Gasteiger partial charge in [0.2, 0.25) is 0 Å². The van der Waals surface area contributed by atoms with Gasteiger partial charge in [-0.2, -0.15) is 0 Å². The molecule has 0 bridgehead atoms. The van der Waals surface area contributed by atoms with Crippen LogP contribution in [0.2, 0.25) is 0 Å². The molecule has 1 fully saturated rings. The second-order valence-corrected chi connectivity index (χ2v) is 5.70. The van der Waals surface area contributed by atoms with Gasteiger partial charge in [-0.25, -0.2) is 0 Å². The highest BCUT2D eigenvalue weighted by Gasteiger charge is 2.38. The third-order valence-corrected chi connectivity index (χ3v) is 4.12. The molecule has 1 saturated carbocycles. The van der Waals surface area contributed by atoms with Crippen LogP contribution in [0.25, 0.3) is 0 Å². The minimum absolute atomic E-state index is 0.221. The van der Waals surface area contributed by atoms with Crippen LogP contribution in [-0.4, -0.2) is 32.5 Å². The fourth-order valence-corrected chi connectivity index (χ4v) is 3.02. The molecule has 1 aliphatic carbocycles. The summed E-state index contributed by atoms with van der Waals surface area (Å²) in [6.07, 6.45) is 2.80. The molecule has 2 aliphatic rings. The van der Waals surface area contributed by atoms with E-state index in [9.17, 15) is 0 Å². The molecule has 1 N–H and O–H groups in total. The Morgan fingerprint density at radius 3 is 2.62 bits per heavy atom. The van der Waals surface area contributed by atoms with Gasteiger partial charge < -0.3 is 19.5 Å². The second kappa shape index (κ2) is 6.67. The molecule has 1 aromatic rings. The van der Waals surface area contributed by atoms with Crippen LogP contribution in [0.3, 0.4) is 0 Å². The Morgan fingerprint density at radius 2 is 1.95 bits per heavy atom. The van der Waals surface area contributed by atoms with E-state index in [4.69, 9.17) is 14.2 Å². The van der Waals surface area contributed by atoms with Gasteiger partial charge in [0.25, 0.3) is 0 Å². The molecule has 2 atom stereocenters. The zero-order valence-corrected chi connectivity index (χ0v) is 12.9. The summed E-state index contributed by atoms with van der Waals surface area (Å²) in [6, 6.07) is 6.48. The molecular weight excluding hydrogens is 266 g/mol. The zero-order valence-electron chi connectivity index (χ0n) is 12.9. The highest BCUT2D eigenvalue weighted by Crippen LogP contribution is 2.41. The number of rotatable bonds is 7. The Labute approximate surface area is 126 Å². The summed E-state index contributed by atoms with van der Waals surface area (Å²) in [5, 5.41) is 3.59. The van der Waals surface area contributed by atoms with E-state index in [0.29, 0.717) is 19.1 Å². The van der Waals surface area contributed by atoms with Crippen LogP contribution >= 0.6 is 0 Å². The SMILES string of the molecule is CCNC(c1ccc2c(c1)OCCO2)C(OCC)C1CC1. The number of nitrogens with one attached hydrogen (secondary N) is 1. The summed E-state index contributed by atoms with van der Waals surface area (Å²) >= 11 is 0. The molecule has 4 nitrogen and oxygen atoms in total.